The Morgan fingerprint density at radius 1 is 1.13 bits per heavy atom. The van der Waals surface area contributed by atoms with Gasteiger partial charge in [0.15, 0.2) is 17.3 Å². The van der Waals surface area contributed by atoms with E-state index in [0.29, 0.717) is 62.8 Å². The van der Waals surface area contributed by atoms with Crippen molar-refractivity contribution in [1.82, 2.24) is 4.90 Å². The molecule has 0 spiro atoms. The highest BCUT2D eigenvalue weighted by Gasteiger charge is 2.26. The van der Waals surface area contributed by atoms with E-state index in [-0.39, 0.29) is 11.7 Å². The van der Waals surface area contributed by atoms with Crippen LogP contribution in [0.3, 0.4) is 0 Å². The van der Waals surface area contributed by atoms with Gasteiger partial charge in [-0.15, -0.1) is 0 Å². The van der Waals surface area contributed by atoms with Gasteiger partial charge in [0.2, 0.25) is 0 Å². The van der Waals surface area contributed by atoms with Crippen molar-refractivity contribution in [3.8, 4) is 11.5 Å². The fourth-order valence-electron chi connectivity index (χ4n) is 2.97. The normalized spacial score (nSPS) is 19.1. The average Bonchev–Trinajstić information content (AvgIpc) is 2.79. The molecule has 1 aromatic rings. The van der Waals surface area contributed by atoms with Crippen LogP contribution < -0.4 is 9.47 Å². The van der Waals surface area contributed by atoms with Crippen molar-refractivity contribution in [1.29, 1.82) is 0 Å². The van der Waals surface area contributed by atoms with Gasteiger partial charge in [0, 0.05) is 12.0 Å². The number of likely N-dealkylation sites (tertiary alicyclic amines) is 1. The smallest absolute Gasteiger partial charge is 0.306 e. The number of aliphatic carboxylic acids is 1. The fraction of sp³-hybridized carbons (Fsp3) is 0.529. The molecule has 2 aliphatic heterocycles. The second kappa shape index (κ2) is 7.00. The first-order valence-corrected chi connectivity index (χ1v) is 8.01. The van der Waals surface area contributed by atoms with Crippen molar-refractivity contribution in [2.75, 3.05) is 32.8 Å². The summed E-state index contributed by atoms with van der Waals surface area (Å²) in [5.41, 5.74) is 0.606. The van der Waals surface area contributed by atoms with E-state index >= 15 is 0 Å². The zero-order valence-corrected chi connectivity index (χ0v) is 13.0. The molecule has 1 fully saturated rings. The molecule has 1 saturated heterocycles. The van der Waals surface area contributed by atoms with Crippen LogP contribution in [0.4, 0.5) is 0 Å². The number of nitrogens with zero attached hydrogens (tertiary/aromatic N) is 1. The highest BCUT2D eigenvalue weighted by Crippen LogP contribution is 2.30. The molecule has 0 saturated carbocycles. The highest BCUT2D eigenvalue weighted by molar-refractivity contribution is 5.98. The third kappa shape index (κ3) is 3.82. The van der Waals surface area contributed by atoms with E-state index < -0.39 is 5.97 Å². The van der Waals surface area contributed by atoms with Gasteiger partial charge in [-0.2, -0.15) is 0 Å². The Kier molecular flexibility index (Phi) is 4.81. The van der Waals surface area contributed by atoms with Crippen molar-refractivity contribution in [3.63, 3.8) is 0 Å². The molecule has 0 unspecified atom stereocenters. The van der Waals surface area contributed by atoms with Gasteiger partial charge in [0.25, 0.3) is 0 Å². The van der Waals surface area contributed by atoms with Gasteiger partial charge in [0.05, 0.1) is 25.7 Å². The fourth-order valence-corrected chi connectivity index (χ4v) is 2.97. The topological polar surface area (TPSA) is 76.1 Å². The Labute approximate surface area is 135 Å². The summed E-state index contributed by atoms with van der Waals surface area (Å²) in [5.74, 6) is 0.312. The SMILES string of the molecule is O=C(CN1CCC(C(=O)O)CC1)c1ccc2c(c1)OCCCO2. The minimum atomic E-state index is -0.737. The summed E-state index contributed by atoms with van der Waals surface area (Å²) < 4.78 is 11.2. The van der Waals surface area contributed by atoms with Crippen molar-refractivity contribution < 1.29 is 24.2 Å². The Morgan fingerprint density at radius 3 is 2.52 bits per heavy atom. The van der Waals surface area contributed by atoms with Crippen LogP contribution in [0.2, 0.25) is 0 Å². The lowest BCUT2D eigenvalue weighted by atomic mass is 9.96. The van der Waals surface area contributed by atoms with Crippen LogP contribution in [0.1, 0.15) is 29.6 Å². The van der Waals surface area contributed by atoms with E-state index in [0.717, 1.165) is 6.42 Å². The molecular weight excluding hydrogens is 298 g/mol. The maximum atomic E-state index is 12.4. The van der Waals surface area contributed by atoms with Crippen LogP contribution in [0.5, 0.6) is 11.5 Å². The molecule has 0 amide bonds. The number of Topliss-reactive ketones (excluding diaryl/α,β-unsaturated/α-hetero) is 1. The molecule has 6 nitrogen and oxygen atoms in total. The van der Waals surface area contributed by atoms with Crippen LogP contribution in [0, 0.1) is 5.92 Å². The number of benzene rings is 1. The summed E-state index contributed by atoms with van der Waals surface area (Å²) in [6.45, 7) is 2.82. The number of carbonyl (C=O) groups excluding carboxylic acids is 1. The van der Waals surface area contributed by atoms with Gasteiger partial charge in [-0.1, -0.05) is 0 Å². The number of fused-ring (bicyclic) bond motifs is 1. The summed E-state index contributed by atoms with van der Waals surface area (Å²) in [5, 5.41) is 9.01. The van der Waals surface area contributed by atoms with E-state index in [1.54, 1.807) is 18.2 Å². The van der Waals surface area contributed by atoms with Crippen LogP contribution in [-0.4, -0.2) is 54.6 Å². The van der Waals surface area contributed by atoms with Crippen LogP contribution in [0.15, 0.2) is 18.2 Å². The zero-order chi connectivity index (χ0) is 16.2. The second-order valence-electron chi connectivity index (χ2n) is 6.02. The lowest BCUT2D eigenvalue weighted by molar-refractivity contribution is -0.143. The van der Waals surface area contributed by atoms with Crippen molar-refractivity contribution in [2.45, 2.75) is 19.3 Å². The Balaban J connectivity index is 1.60. The Morgan fingerprint density at radius 2 is 1.83 bits per heavy atom. The summed E-state index contributed by atoms with van der Waals surface area (Å²) >= 11 is 0. The number of hydrogen-bond acceptors (Lipinski definition) is 5. The van der Waals surface area contributed by atoms with Crippen LogP contribution in [0.25, 0.3) is 0 Å². The number of ketones is 1. The lowest BCUT2D eigenvalue weighted by Gasteiger charge is -2.29. The molecule has 0 atom stereocenters. The first-order valence-electron chi connectivity index (χ1n) is 8.01. The van der Waals surface area contributed by atoms with Crippen LogP contribution >= 0.6 is 0 Å². The summed E-state index contributed by atoms with van der Waals surface area (Å²) in [7, 11) is 0. The maximum absolute atomic E-state index is 12.4. The monoisotopic (exact) mass is 319 g/mol. The van der Waals surface area contributed by atoms with Crippen LogP contribution in [-0.2, 0) is 4.79 Å². The molecule has 6 heteroatoms. The first kappa shape index (κ1) is 15.8. The predicted octanol–water partition coefficient (Wildman–Crippen LogP) is 1.83. The second-order valence-corrected chi connectivity index (χ2v) is 6.02. The Bertz CT molecular complexity index is 593. The molecule has 1 aromatic carbocycles. The number of hydrogen-bond donors (Lipinski definition) is 1. The molecular formula is C17H21NO5. The van der Waals surface area contributed by atoms with E-state index in [2.05, 4.69) is 0 Å². The molecule has 3 rings (SSSR count). The number of piperidine rings is 1. The third-order valence-electron chi connectivity index (χ3n) is 4.37. The molecule has 124 valence electrons. The minimum absolute atomic E-state index is 0.0226. The summed E-state index contributed by atoms with van der Waals surface area (Å²) in [6, 6.07) is 5.29. The maximum Gasteiger partial charge on any atom is 0.306 e. The molecule has 2 heterocycles. The van der Waals surface area contributed by atoms with Crippen molar-refractivity contribution in [3.05, 3.63) is 23.8 Å². The third-order valence-corrected chi connectivity index (χ3v) is 4.37. The summed E-state index contributed by atoms with van der Waals surface area (Å²) in [4.78, 5) is 25.4. The van der Waals surface area contributed by atoms with Gasteiger partial charge in [-0.05, 0) is 44.1 Å². The molecule has 0 aliphatic carbocycles. The van der Waals surface area contributed by atoms with Crippen molar-refractivity contribution in [2.24, 2.45) is 5.92 Å². The lowest BCUT2D eigenvalue weighted by Crippen LogP contribution is -2.39. The number of carboxylic acid groups (broad SMARTS) is 1. The van der Waals surface area contributed by atoms with E-state index in [1.165, 1.54) is 0 Å². The predicted molar refractivity (Wildman–Crippen MR) is 83.2 cm³/mol. The van der Waals surface area contributed by atoms with E-state index in [4.69, 9.17) is 14.6 Å². The van der Waals surface area contributed by atoms with Crippen molar-refractivity contribution >= 4 is 11.8 Å². The van der Waals surface area contributed by atoms with E-state index in [9.17, 15) is 9.59 Å². The quantitative estimate of drug-likeness (QED) is 0.853. The highest BCUT2D eigenvalue weighted by atomic mass is 16.5. The van der Waals surface area contributed by atoms with Gasteiger partial charge in [-0.25, -0.2) is 0 Å². The minimum Gasteiger partial charge on any atom is -0.490 e. The Hall–Kier alpha value is -2.08. The van der Waals surface area contributed by atoms with Gasteiger partial charge >= 0.3 is 5.97 Å². The standard InChI is InChI=1S/C17H21NO5/c19-14(11-18-6-4-12(5-7-18)17(20)21)13-2-3-15-16(10-13)23-9-1-8-22-15/h2-3,10,12H,1,4-9,11H2,(H,20,21). The molecule has 23 heavy (non-hydrogen) atoms. The molecule has 1 N–H and O–H groups in total. The molecule has 2 aliphatic rings. The van der Waals surface area contributed by atoms with Gasteiger partial charge < -0.3 is 14.6 Å². The largest absolute Gasteiger partial charge is 0.490 e. The first-order chi connectivity index (χ1) is 11.1. The molecule has 0 bridgehead atoms. The number of carbonyl (C=O) groups is 2. The average molecular weight is 319 g/mol. The molecule has 0 aromatic heterocycles. The molecule has 0 radical (unpaired) electrons. The number of rotatable bonds is 4. The number of carboxylic acids is 1. The zero-order valence-electron chi connectivity index (χ0n) is 13.0. The van der Waals surface area contributed by atoms with Gasteiger partial charge in [-0.3, -0.25) is 14.5 Å². The number of ether oxygens (including phenoxy) is 2. The summed E-state index contributed by atoms with van der Waals surface area (Å²) in [6.07, 6.45) is 2.03. The van der Waals surface area contributed by atoms with E-state index in [1.807, 2.05) is 4.90 Å². The van der Waals surface area contributed by atoms with Gasteiger partial charge in [0.1, 0.15) is 0 Å².